The Morgan fingerprint density at radius 2 is 1.94 bits per heavy atom. The number of hydrogen-bond acceptors (Lipinski definition) is 8. The molecule has 33 heavy (non-hydrogen) atoms. The number of carbonyl (C=O) groups excluding carboxylic acids is 1. The van der Waals surface area contributed by atoms with E-state index in [9.17, 15) is 9.90 Å². The highest BCUT2D eigenvalue weighted by Gasteiger charge is 2.25. The number of aryl methyl sites for hydroxylation is 1. The Balaban J connectivity index is 1.25. The molecule has 1 atom stereocenters. The van der Waals surface area contributed by atoms with Gasteiger partial charge in [0, 0.05) is 56.2 Å². The van der Waals surface area contributed by atoms with Gasteiger partial charge in [-0.05, 0) is 19.1 Å². The van der Waals surface area contributed by atoms with Gasteiger partial charge in [0.2, 0.25) is 5.95 Å². The Morgan fingerprint density at radius 1 is 1.15 bits per heavy atom. The lowest BCUT2D eigenvalue weighted by Crippen LogP contribution is -2.50. The van der Waals surface area contributed by atoms with Gasteiger partial charge in [-0.3, -0.25) is 14.8 Å². The molecule has 0 radical (unpaired) electrons. The first-order chi connectivity index (χ1) is 16.1. The number of anilines is 3. The van der Waals surface area contributed by atoms with Crippen molar-refractivity contribution in [2.24, 2.45) is 0 Å². The van der Waals surface area contributed by atoms with Crippen LogP contribution in [0.15, 0.2) is 54.7 Å². The van der Waals surface area contributed by atoms with Crippen molar-refractivity contribution < 1.29 is 9.90 Å². The lowest BCUT2D eigenvalue weighted by molar-refractivity contribution is 0.0635. The second kappa shape index (κ2) is 9.00. The normalized spacial score (nSPS) is 15.6. The maximum absolute atomic E-state index is 12.5. The molecule has 1 aromatic carbocycles. The first-order valence-electron chi connectivity index (χ1n) is 11.0. The topological polar surface area (TPSA) is 115 Å². The number of hydrogen-bond donors (Lipinski definition) is 3. The highest BCUT2D eigenvalue weighted by molar-refractivity contribution is 5.99. The van der Waals surface area contributed by atoms with Gasteiger partial charge in [-0.15, -0.1) is 5.10 Å². The molecule has 0 amide bonds. The summed E-state index contributed by atoms with van der Waals surface area (Å²) in [5.41, 5.74) is 2.35. The SMILES string of the molecule is Cc1cc(Nc2nc(N3CCN(CC(O)C(=O)c4ccccc4)CC3)nn3cccc23)n[nH]1. The second-order valence-electron chi connectivity index (χ2n) is 8.19. The minimum atomic E-state index is -1.04. The van der Waals surface area contributed by atoms with Crippen molar-refractivity contribution in [2.75, 3.05) is 42.9 Å². The predicted molar refractivity (Wildman–Crippen MR) is 125 cm³/mol. The zero-order chi connectivity index (χ0) is 22.8. The Hall–Kier alpha value is -3.76. The molecule has 3 aromatic heterocycles. The van der Waals surface area contributed by atoms with Crippen LogP contribution in [0.2, 0.25) is 0 Å². The summed E-state index contributed by atoms with van der Waals surface area (Å²) in [6, 6.07) is 14.7. The van der Waals surface area contributed by atoms with Crippen molar-refractivity contribution >= 4 is 28.9 Å². The van der Waals surface area contributed by atoms with Gasteiger partial charge in [-0.25, -0.2) is 4.52 Å². The van der Waals surface area contributed by atoms with Crippen molar-refractivity contribution in [3.63, 3.8) is 0 Å². The number of aliphatic hydroxyl groups excluding tert-OH is 1. The summed E-state index contributed by atoms with van der Waals surface area (Å²) in [5, 5.41) is 25.5. The summed E-state index contributed by atoms with van der Waals surface area (Å²) in [4.78, 5) is 21.4. The van der Waals surface area contributed by atoms with Gasteiger partial charge in [0.25, 0.3) is 0 Å². The number of aliphatic hydroxyl groups is 1. The van der Waals surface area contributed by atoms with Gasteiger partial charge in [0.05, 0.1) is 0 Å². The fourth-order valence-corrected chi connectivity index (χ4v) is 4.01. The number of H-pyrrole nitrogens is 1. The molecule has 0 saturated carbocycles. The van der Waals surface area contributed by atoms with Crippen LogP contribution >= 0.6 is 0 Å². The number of nitrogens with zero attached hydrogens (tertiary/aromatic N) is 6. The van der Waals surface area contributed by atoms with Crippen LogP contribution in [0.3, 0.4) is 0 Å². The maximum Gasteiger partial charge on any atom is 0.245 e. The molecule has 4 heterocycles. The monoisotopic (exact) mass is 446 g/mol. The molecule has 10 heteroatoms. The zero-order valence-electron chi connectivity index (χ0n) is 18.3. The molecule has 170 valence electrons. The minimum Gasteiger partial charge on any atom is -0.384 e. The van der Waals surface area contributed by atoms with E-state index in [2.05, 4.69) is 30.4 Å². The third kappa shape index (κ3) is 4.57. The van der Waals surface area contributed by atoms with Gasteiger partial charge in [-0.1, -0.05) is 30.3 Å². The maximum atomic E-state index is 12.5. The number of β-amino-alcohol motifs (C(OH)–C–C–N with tert-alkyl or cyclic N) is 1. The number of rotatable bonds is 7. The first-order valence-corrected chi connectivity index (χ1v) is 11.0. The van der Waals surface area contributed by atoms with E-state index < -0.39 is 6.10 Å². The molecule has 1 aliphatic rings. The van der Waals surface area contributed by atoms with Gasteiger partial charge in [0.1, 0.15) is 11.6 Å². The van der Waals surface area contributed by atoms with Crippen LogP contribution in [-0.2, 0) is 0 Å². The summed E-state index contributed by atoms with van der Waals surface area (Å²) in [6.45, 7) is 5.05. The second-order valence-corrected chi connectivity index (χ2v) is 8.19. The third-order valence-corrected chi connectivity index (χ3v) is 5.78. The number of piperazine rings is 1. The fraction of sp³-hybridized carbons (Fsp3) is 0.304. The number of aromatic amines is 1. The van der Waals surface area contributed by atoms with Crippen LogP contribution in [0.5, 0.6) is 0 Å². The largest absolute Gasteiger partial charge is 0.384 e. The Bertz CT molecular complexity index is 1240. The third-order valence-electron chi connectivity index (χ3n) is 5.78. The number of carbonyl (C=O) groups is 1. The minimum absolute atomic E-state index is 0.247. The lowest BCUT2D eigenvalue weighted by Gasteiger charge is -2.35. The summed E-state index contributed by atoms with van der Waals surface area (Å²) >= 11 is 0. The van der Waals surface area contributed by atoms with E-state index in [1.54, 1.807) is 28.8 Å². The molecular weight excluding hydrogens is 420 g/mol. The average molecular weight is 447 g/mol. The average Bonchev–Trinajstić information content (AvgIpc) is 3.48. The van der Waals surface area contributed by atoms with Crippen LogP contribution in [0.1, 0.15) is 16.1 Å². The van der Waals surface area contributed by atoms with E-state index in [0.717, 1.165) is 11.2 Å². The molecule has 4 aromatic rings. The molecule has 10 nitrogen and oxygen atoms in total. The molecule has 5 rings (SSSR count). The highest BCUT2D eigenvalue weighted by Crippen LogP contribution is 2.22. The molecule has 1 unspecified atom stereocenters. The van der Waals surface area contributed by atoms with Crippen LogP contribution in [0.25, 0.3) is 5.52 Å². The van der Waals surface area contributed by atoms with Crippen LogP contribution < -0.4 is 10.2 Å². The van der Waals surface area contributed by atoms with Crippen LogP contribution in [0.4, 0.5) is 17.6 Å². The van der Waals surface area contributed by atoms with E-state index >= 15 is 0 Å². The lowest BCUT2D eigenvalue weighted by atomic mass is 10.1. The van der Waals surface area contributed by atoms with E-state index in [1.807, 2.05) is 37.4 Å². The van der Waals surface area contributed by atoms with Gasteiger partial charge < -0.3 is 15.3 Å². The Morgan fingerprint density at radius 3 is 2.67 bits per heavy atom. The van der Waals surface area contributed by atoms with E-state index in [1.165, 1.54) is 0 Å². The Kier molecular flexibility index (Phi) is 5.76. The molecule has 1 saturated heterocycles. The molecule has 1 fully saturated rings. The van der Waals surface area contributed by atoms with Crippen molar-refractivity contribution in [1.82, 2.24) is 29.7 Å². The number of Topliss-reactive ketones (excluding diaryl/α,β-unsaturated/α-hetero) is 1. The van der Waals surface area contributed by atoms with Crippen LogP contribution in [-0.4, -0.2) is 79.4 Å². The van der Waals surface area contributed by atoms with E-state index in [-0.39, 0.29) is 5.78 Å². The van der Waals surface area contributed by atoms with Gasteiger partial charge in [0.15, 0.2) is 17.4 Å². The fourth-order valence-electron chi connectivity index (χ4n) is 4.01. The van der Waals surface area contributed by atoms with Crippen molar-refractivity contribution in [1.29, 1.82) is 0 Å². The molecule has 1 aliphatic heterocycles. The Labute approximate surface area is 190 Å². The predicted octanol–water partition coefficient (Wildman–Crippen LogP) is 1.87. The van der Waals surface area contributed by atoms with Crippen molar-refractivity contribution in [2.45, 2.75) is 13.0 Å². The molecule has 0 aliphatic carbocycles. The van der Waals surface area contributed by atoms with E-state index in [0.29, 0.717) is 55.9 Å². The first kappa shape index (κ1) is 21.1. The number of nitrogens with one attached hydrogen (secondary N) is 2. The zero-order valence-corrected chi connectivity index (χ0v) is 18.3. The van der Waals surface area contributed by atoms with Crippen molar-refractivity contribution in [3.8, 4) is 0 Å². The number of aromatic nitrogens is 5. The summed E-state index contributed by atoms with van der Waals surface area (Å²) in [7, 11) is 0. The van der Waals surface area contributed by atoms with Gasteiger partial charge >= 0.3 is 0 Å². The standard InChI is InChI=1S/C23H26N8O2/c1-16-14-20(27-26-16)24-22-18-8-5-9-31(18)28-23(25-22)30-12-10-29(11-13-30)15-19(32)21(33)17-6-3-2-4-7-17/h2-9,14,19,32H,10-13,15H2,1H3,(H2,24,25,26,27,28). The summed E-state index contributed by atoms with van der Waals surface area (Å²) < 4.78 is 1.80. The number of benzene rings is 1. The highest BCUT2D eigenvalue weighted by atomic mass is 16.3. The molecular formula is C23H26N8O2. The number of fused-ring (bicyclic) bond motifs is 1. The quantitative estimate of drug-likeness (QED) is 0.369. The molecule has 0 bridgehead atoms. The molecule has 3 N–H and O–H groups in total. The number of ketones is 1. The smallest absolute Gasteiger partial charge is 0.245 e. The van der Waals surface area contributed by atoms with Crippen molar-refractivity contribution in [3.05, 3.63) is 66.0 Å². The van der Waals surface area contributed by atoms with Gasteiger partial charge in [-0.2, -0.15) is 10.1 Å². The summed E-state index contributed by atoms with van der Waals surface area (Å²) in [6.07, 6.45) is 0.850. The van der Waals surface area contributed by atoms with Crippen LogP contribution in [0, 0.1) is 6.92 Å². The summed E-state index contributed by atoms with van der Waals surface area (Å²) in [5.74, 6) is 1.75. The molecule has 0 spiro atoms. The van der Waals surface area contributed by atoms with E-state index in [4.69, 9.17) is 4.98 Å².